The van der Waals surface area contributed by atoms with Crippen LogP contribution in [0.5, 0.6) is 5.75 Å². The molecule has 2 nitrogen and oxygen atoms in total. The summed E-state index contributed by atoms with van der Waals surface area (Å²) in [4.78, 5) is 0. The predicted octanol–water partition coefficient (Wildman–Crippen LogP) is 2.94. The molecule has 0 heterocycles. The van der Waals surface area contributed by atoms with Gasteiger partial charge in [0.1, 0.15) is 11.4 Å². The van der Waals surface area contributed by atoms with Gasteiger partial charge in [0.2, 0.25) is 0 Å². The normalized spacial score (nSPS) is 13.8. The van der Waals surface area contributed by atoms with Crippen LogP contribution in [0.4, 0.5) is 0 Å². The van der Waals surface area contributed by atoms with Gasteiger partial charge in [-0.25, -0.2) is 0 Å². The molecule has 0 radical (unpaired) electrons. The monoisotopic (exact) mass is 246 g/mol. The molecule has 0 bridgehead atoms. The van der Waals surface area contributed by atoms with Crippen LogP contribution in [0.3, 0.4) is 0 Å². The first-order valence-electron chi connectivity index (χ1n) is 6.16. The van der Waals surface area contributed by atoms with Gasteiger partial charge in [0.15, 0.2) is 0 Å². The van der Waals surface area contributed by atoms with E-state index in [0.29, 0.717) is 6.42 Å². The molecule has 0 aliphatic carbocycles. The lowest BCUT2D eigenvalue weighted by atomic mass is 9.90. The van der Waals surface area contributed by atoms with E-state index in [2.05, 4.69) is 26.7 Å². The minimum atomic E-state index is -1.04. The summed E-state index contributed by atoms with van der Waals surface area (Å²) in [6.45, 7) is 7.88. The Morgan fingerprint density at radius 1 is 1.33 bits per heavy atom. The van der Waals surface area contributed by atoms with Gasteiger partial charge in [-0.05, 0) is 68.9 Å². The van der Waals surface area contributed by atoms with E-state index >= 15 is 0 Å². The lowest BCUT2D eigenvalue weighted by molar-refractivity contribution is 0.113. The fourth-order valence-corrected chi connectivity index (χ4v) is 2.14. The number of aliphatic hydroxyl groups is 1. The molecule has 1 rings (SSSR count). The van der Waals surface area contributed by atoms with Crippen molar-refractivity contribution in [2.75, 3.05) is 7.11 Å². The maximum Gasteiger partial charge on any atom is 0.122 e. The van der Waals surface area contributed by atoms with Crippen molar-refractivity contribution in [1.29, 1.82) is 0 Å². The van der Waals surface area contributed by atoms with Crippen LogP contribution in [0.2, 0.25) is 0 Å². The molecule has 0 spiro atoms. The molecule has 0 aliphatic rings. The summed E-state index contributed by atoms with van der Waals surface area (Å²) in [6, 6.07) is 2.04. The number of rotatable bonds is 4. The number of hydrogen-bond donors (Lipinski definition) is 1. The van der Waals surface area contributed by atoms with E-state index in [1.807, 2.05) is 6.07 Å². The van der Waals surface area contributed by atoms with Crippen LogP contribution >= 0.6 is 0 Å². The fourth-order valence-electron chi connectivity index (χ4n) is 2.14. The first kappa shape index (κ1) is 14.6. The number of hydrogen-bond acceptors (Lipinski definition) is 2. The Hall–Kier alpha value is -1.46. The summed E-state index contributed by atoms with van der Waals surface area (Å²) in [6.07, 6.45) is 6.65. The molecule has 98 valence electrons. The van der Waals surface area contributed by atoms with E-state index in [1.54, 1.807) is 14.0 Å². The molecule has 18 heavy (non-hydrogen) atoms. The molecule has 0 aliphatic heterocycles. The highest BCUT2D eigenvalue weighted by Gasteiger charge is 2.18. The zero-order valence-corrected chi connectivity index (χ0v) is 11.9. The van der Waals surface area contributed by atoms with Crippen molar-refractivity contribution in [3.05, 3.63) is 28.3 Å². The van der Waals surface area contributed by atoms with Crippen LogP contribution in [0.1, 0.15) is 35.6 Å². The van der Waals surface area contributed by atoms with Crippen molar-refractivity contribution in [2.45, 2.75) is 46.1 Å². The van der Waals surface area contributed by atoms with Crippen molar-refractivity contribution < 1.29 is 9.84 Å². The van der Waals surface area contributed by atoms with Gasteiger partial charge in [0, 0.05) is 0 Å². The van der Waals surface area contributed by atoms with Gasteiger partial charge in [-0.15, -0.1) is 6.42 Å². The van der Waals surface area contributed by atoms with Crippen molar-refractivity contribution >= 4 is 0 Å². The van der Waals surface area contributed by atoms with Crippen molar-refractivity contribution in [1.82, 2.24) is 0 Å². The van der Waals surface area contributed by atoms with E-state index in [-0.39, 0.29) is 0 Å². The summed E-state index contributed by atoms with van der Waals surface area (Å²) in [7, 11) is 1.68. The Morgan fingerprint density at radius 3 is 2.44 bits per heavy atom. The van der Waals surface area contributed by atoms with Gasteiger partial charge in [-0.3, -0.25) is 0 Å². The largest absolute Gasteiger partial charge is 0.496 e. The maximum absolute atomic E-state index is 9.88. The molecule has 0 saturated carbocycles. The molecular weight excluding hydrogens is 224 g/mol. The standard InChI is InChI=1S/C16H22O2/c1-7-16(5,17)9-8-14-11(2)10-15(18-6)13(4)12(14)3/h1,10,17H,8-9H2,2-6H3. The Morgan fingerprint density at radius 2 is 1.94 bits per heavy atom. The topological polar surface area (TPSA) is 29.5 Å². The number of benzene rings is 1. The van der Waals surface area contributed by atoms with E-state index in [9.17, 15) is 5.11 Å². The van der Waals surface area contributed by atoms with E-state index in [1.165, 1.54) is 16.7 Å². The number of ether oxygens (including phenoxy) is 1. The van der Waals surface area contributed by atoms with Crippen LogP contribution in [0, 0.1) is 33.1 Å². The highest BCUT2D eigenvalue weighted by Crippen LogP contribution is 2.29. The minimum absolute atomic E-state index is 0.566. The Labute approximate surface area is 110 Å². The summed E-state index contributed by atoms with van der Waals surface area (Å²) < 4.78 is 5.35. The highest BCUT2D eigenvalue weighted by atomic mass is 16.5. The lowest BCUT2D eigenvalue weighted by Gasteiger charge is -2.20. The van der Waals surface area contributed by atoms with Crippen molar-refractivity contribution in [2.24, 2.45) is 0 Å². The summed E-state index contributed by atoms with van der Waals surface area (Å²) in [5.74, 6) is 3.33. The van der Waals surface area contributed by atoms with Gasteiger partial charge < -0.3 is 9.84 Å². The molecule has 1 unspecified atom stereocenters. The van der Waals surface area contributed by atoms with Crippen LogP contribution < -0.4 is 4.74 Å². The summed E-state index contributed by atoms with van der Waals surface area (Å²) >= 11 is 0. The quantitative estimate of drug-likeness (QED) is 0.828. The Balaban J connectivity index is 3.05. The highest BCUT2D eigenvalue weighted by molar-refractivity contribution is 5.48. The molecule has 2 heteroatoms. The third-order valence-electron chi connectivity index (χ3n) is 3.60. The van der Waals surface area contributed by atoms with E-state index in [0.717, 1.165) is 17.7 Å². The average molecular weight is 246 g/mol. The molecular formula is C16H22O2. The molecule has 1 N–H and O–H groups in total. The zero-order valence-electron chi connectivity index (χ0n) is 11.9. The Bertz CT molecular complexity index is 479. The maximum atomic E-state index is 9.88. The summed E-state index contributed by atoms with van der Waals surface area (Å²) in [5.41, 5.74) is 3.77. The van der Waals surface area contributed by atoms with Gasteiger partial charge in [-0.2, -0.15) is 0 Å². The average Bonchev–Trinajstić information content (AvgIpc) is 2.33. The molecule has 0 saturated heterocycles. The van der Waals surface area contributed by atoms with Gasteiger partial charge in [-0.1, -0.05) is 5.92 Å². The first-order valence-corrected chi connectivity index (χ1v) is 6.16. The van der Waals surface area contributed by atoms with Crippen LogP contribution in [0.25, 0.3) is 0 Å². The minimum Gasteiger partial charge on any atom is -0.496 e. The third-order valence-corrected chi connectivity index (χ3v) is 3.60. The number of aryl methyl sites for hydroxylation is 1. The lowest BCUT2D eigenvalue weighted by Crippen LogP contribution is -2.22. The Kier molecular flexibility index (Phi) is 4.43. The molecule has 0 aromatic heterocycles. The second-order valence-electron chi connectivity index (χ2n) is 5.04. The number of terminal acetylenes is 1. The van der Waals surface area contributed by atoms with E-state index < -0.39 is 5.60 Å². The van der Waals surface area contributed by atoms with Crippen molar-refractivity contribution in [3.8, 4) is 18.1 Å². The molecule has 0 amide bonds. The molecule has 1 aromatic rings. The second-order valence-corrected chi connectivity index (χ2v) is 5.04. The third kappa shape index (κ3) is 3.05. The van der Waals surface area contributed by atoms with Crippen LogP contribution in [-0.2, 0) is 6.42 Å². The zero-order chi connectivity index (χ0) is 13.9. The van der Waals surface area contributed by atoms with Crippen LogP contribution in [-0.4, -0.2) is 17.8 Å². The van der Waals surface area contributed by atoms with E-state index in [4.69, 9.17) is 11.2 Å². The van der Waals surface area contributed by atoms with Crippen LogP contribution in [0.15, 0.2) is 6.07 Å². The molecule has 1 atom stereocenters. The van der Waals surface area contributed by atoms with Crippen molar-refractivity contribution in [3.63, 3.8) is 0 Å². The predicted molar refractivity (Wildman–Crippen MR) is 75.0 cm³/mol. The second kappa shape index (κ2) is 5.46. The molecule has 1 aromatic carbocycles. The smallest absolute Gasteiger partial charge is 0.122 e. The first-order chi connectivity index (χ1) is 8.32. The summed E-state index contributed by atoms with van der Waals surface area (Å²) in [5, 5.41) is 9.88. The fraction of sp³-hybridized carbons (Fsp3) is 0.500. The van der Waals surface area contributed by atoms with Gasteiger partial charge >= 0.3 is 0 Å². The molecule has 0 fully saturated rings. The SMILES string of the molecule is C#CC(C)(O)CCc1c(C)cc(OC)c(C)c1C. The van der Waals surface area contributed by atoms with Gasteiger partial charge in [0.25, 0.3) is 0 Å². The van der Waals surface area contributed by atoms with Gasteiger partial charge in [0.05, 0.1) is 7.11 Å². The number of methoxy groups -OCH3 is 1.